The van der Waals surface area contributed by atoms with Crippen LogP contribution in [0.2, 0.25) is 0 Å². The number of nitrogens with one attached hydrogen (secondary N) is 3. The fourth-order valence-electron chi connectivity index (χ4n) is 2.95. The summed E-state index contributed by atoms with van der Waals surface area (Å²) in [6.07, 6.45) is 12.5. The second-order valence-electron chi connectivity index (χ2n) is 7.47. The average Bonchev–Trinajstić information content (AvgIpc) is 3.45. The summed E-state index contributed by atoms with van der Waals surface area (Å²) in [6.45, 7) is 7.55. The minimum Gasteiger partial charge on any atom is -0.497 e. The van der Waals surface area contributed by atoms with E-state index in [4.69, 9.17) is 4.74 Å². The number of rotatable bonds is 7. The van der Waals surface area contributed by atoms with Gasteiger partial charge in [0.1, 0.15) is 11.8 Å². The molecule has 2 aliphatic rings. The zero-order valence-electron chi connectivity index (χ0n) is 19.5. The summed E-state index contributed by atoms with van der Waals surface area (Å²) in [5.74, 6) is 6.65. The minimum absolute atomic E-state index is 0.237. The van der Waals surface area contributed by atoms with Crippen molar-refractivity contribution in [2.75, 3.05) is 20.7 Å². The lowest BCUT2D eigenvalue weighted by molar-refractivity contribution is 0.112. The highest BCUT2D eigenvalue weighted by Crippen LogP contribution is 2.17. The number of aldehydes is 1. The predicted molar refractivity (Wildman–Crippen MR) is 131 cm³/mol. The van der Waals surface area contributed by atoms with Gasteiger partial charge in [0.25, 0.3) is 0 Å². The number of carbonyl (C=O) groups excluding carboxylic acids is 2. The Balaban J connectivity index is 0.000000238. The molecule has 174 valence electrons. The molecule has 1 saturated heterocycles. The van der Waals surface area contributed by atoms with Gasteiger partial charge in [0.2, 0.25) is 0 Å². The summed E-state index contributed by atoms with van der Waals surface area (Å²) in [4.78, 5) is 24.0. The van der Waals surface area contributed by atoms with Crippen LogP contribution < -0.4 is 20.7 Å². The van der Waals surface area contributed by atoms with Crippen molar-refractivity contribution >= 4 is 12.3 Å². The van der Waals surface area contributed by atoms with Gasteiger partial charge in [-0.05, 0) is 43.6 Å². The van der Waals surface area contributed by atoms with E-state index in [1.54, 1.807) is 13.2 Å². The van der Waals surface area contributed by atoms with Crippen molar-refractivity contribution in [3.05, 3.63) is 77.8 Å². The van der Waals surface area contributed by atoms with E-state index in [9.17, 15) is 9.59 Å². The van der Waals surface area contributed by atoms with Gasteiger partial charge in [-0.2, -0.15) is 0 Å². The normalized spacial score (nSPS) is 17.7. The first kappa shape index (κ1) is 25.5. The highest BCUT2D eigenvalue weighted by Gasteiger charge is 2.21. The lowest BCUT2D eigenvalue weighted by Crippen LogP contribution is -2.24. The highest BCUT2D eigenvalue weighted by molar-refractivity contribution is 5.81. The van der Waals surface area contributed by atoms with Crippen LogP contribution in [-0.4, -0.2) is 44.0 Å². The average molecular weight is 449 g/mol. The zero-order valence-corrected chi connectivity index (χ0v) is 19.5. The first-order chi connectivity index (χ1) is 16.0. The third-order valence-electron chi connectivity index (χ3n) is 4.98. The molecule has 0 aromatic heterocycles. The maximum atomic E-state index is 11.0. The molecule has 2 heterocycles. The standard InChI is InChI=1S/C14H15N3O.C12H17NO2/c1-11-13(17-14(18)16-11)9-5-3-2-4-7-12-8-6-10-15-12;1-4-13(2)8-10-5-6-12(15-3)7-11(10)9-14/h2,4,6-7,10,13,15H,1,3,8H2,(H2,16,17,18);5-7,9H,4,8H2,1-3H3/b4-2-,12-7+;. The Morgan fingerprint density at radius 2 is 2.18 bits per heavy atom. The molecule has 1 fully saturated rings. The topological polar surface area (TPSA) is 82.7 Å². The van der Waals surface area contributed by atoms with E-state index in [-0.39, 0.29) is 12.1 Å². The van der Waals surface area contributed by atoms with E-state index >= 15 is 0 Å². The smallest absolute Gasteiger partial charge is 0.320 e. The molecule has 0 saturated carbocycles. The van der Waals surface area contributed by atoms with Gasteiger partial charge >= 0.3 is 6.03 Å². The predicted octanol–water partition coefficient (Wildman–Crippen LogP) is 3.48. The molecule has 7 heteroatoms. The van der Waals surface area contributed by atoms with Crippen molar-refractivity contribution in [1.29, 1.82) is 0 Å². The van der Waals surface area contributed by atoms with Gasteiger partial charge in [0.05, 0.1) is 7.11 Å². The van der Waals surface area contributed by atoms with Crippen molar-refractivity contribution in [3.63, 3.8) is 0 Å². The molecule has 0 aliphatic carbocycles. The van der Waals surface area contributed by atoms with Crippen LogP contribution in [0, 0.1) is 11.8 Å². The lowest BCUT2D eigenvalue weighted by Gasteiger charge is -2.15. The van der Waals surface area contributed by atoms with E-state index in [1.165, 1.54) is 5.70 Å². The Morgan fingerprint density at radius 3 is 2.79 bits per heavy atom. The van der Waals surface area contributed by atoms with Crippen LogP contribution in [0.15, 0.2) is 66.7 Å². The Morgan fingerprint density at radius 1 is 1.36 bits per heavy atom. The third-order valence-corrected chi connectivity index (χ3v) is 4.98. The number of urea groups is 1. The molecule has 33 heavy (non-hydrogen) atoms. The van der Waals surface area contributed by atoms with E-state index in [1.807, 2.05) is 43.6 Å². The fraction of sp³-hybridized carbons (Fsp3) is 0.308. The summed E-state index contributed by atoms with van der Waals surface area (Å²) in [5, 5.41) is 8.36. The zero-order chi connectivity index (χ0) is 24.1. The Kier molecular flexibility index (Phi) is 10.5. The Bertz CT molecular complexity index is 989. The van der Waals surface area contributed by atoms with Gasteiger partial charge in [-0.1, -0.05) is 49.6 Å². The van der Waals surface area contributed by atoms with E-state index in [0.717, 1.165) is 37.1 Å². The van der Waals surface area contributed by atoms with Gasteiger partial charge in [-0.15, -0.1) is 0 Å². The molecule has 0 spiro atoms. The van der Waals surface area contributed by atoms with Crippen molar-refractivity contribution in [1.82, 2.24) is 20.9 Å². The fourth-order valence-corrected chi connectivity index (χ4v) is 2.95. The summed E-state index contributed by atoms with van der Waals surface area (Å²) in [6, 6.07) is 5.08. The summed E-state index contributed by atoms with van der Waals surface area (Å²) >= 11 is 0. The first-order valence-electron chi connectivity index (χ1n) is 10.8. The highest BCUT2D eigenvalue weighted by atomic mass is 16.5. The van der Waals surface area contributed by atoms with Gasteiger partial charge in [-0.3, -0.25) is 4.79 Å². The van der Waals surface area contributed by atoms with Crippen molar-refractivity contribution < 1.29 is 14.3 Å². The van der Waals surface area contributed by atoms with E-state index < -0.39 is 0 Å². The summed E-state index contributed by atoms with van der Waals surface area (Å²) < 4.78 is 5.07. The van der Waals surface area contributed by atoms with Crippen LogP contribution in [0.3, 0.4) is 0 Å². The summed E-state index contributed by atoms with van der Waals surface area (Å²) in [5.41, 5.74) is 3.53. The maximum Gasteiger partial charge on any atom is 0.320 e. The second kappa shape index (κ2) is 13.6. The second-order valence-corrected chi connectivity index (χ2v) is 7.47. The maximum absolute atomic E-state index is 11.0. The number of amides is 2. The lowest BCUT2D eigenvalue weighted by atomic mass is 10.1. The molecule has 3 rings (SSSR count). The van der Waals surface area contributed by atoms with Gasteiger partial charge in [-0.25, -0.2) is 4.79 Å². The SMILES string of the molecule is C=C1NC(=O)NC1C#CC/C=C\C=C1/CC=CN1.CCN(C)Cc1ccc(OC)cc1C=O. The molecule has 1 unspecified atom stereocenters. The van der Waals surface area contributed by atoms with E-state index in [2.05, 4.69) is 52.3 Å². The molecule has 3 N–H and O–H groups in total. The van der Waals surface area contributed by atoms with Gasteiger partial charge in [0, 0.05) is 36.3 Å². The Labute approximate surface area is 196 Å². The third kappa shape index (κ3) is 8.71. The van der Waals surface area contributed by atoms with Crippen LogP contribution in [0.25, 0.3) is 0 Å². The van der Waals surface area contributed by atoms with Crippen LogP contribution >= 0.6 is 0 Å². The first-order valence-corrected chi connectivity index (χ1v) is 10.8. The molecule has 1 aromatic rings. The van der Waals surface area contributed by atoms with Crippen molar-refractivity contribution in [2.45, 2.75) is 32.4 Å². The van der Waals surface area contributed by atoms with Crippen molar-refractivity contribution in [3.8, 4) is 17.6 Å². The number of hydrogen-bond donors (Lipinski definition) is 3. The molecular formula is C26H32N4O3. The Hall–Kier alpha value is -3.76. The molecule has 1 aromatic carbocycles. The molecular weight excluding hydrogens is 416 g/mol. The van der Waals surface area contributed by atoms with Crippen LogP contribution in [0.5, 0.6) is 5.75 Å². The number of carbonyl (C=O) groups is 2. The number of hydrogen-bond acceptors (Lipinski definition) is 5. The number of benzene rings is 1. The van der Waals surface area contributed by atoms with Crippen LogP contribution in [-0.2, 0) is 6.54 Å². The largest absolute Gasteiger partial charge is 0.497 e. The van der Waals surface area contributed by atoms with Crippen LogP contribution in [0.4, 0.5) is 4.79 Å². The number of allylic oxidation sites excluding steroid dienone is 4. The molecule has 2 aliphatic heterocycles. The van der Waals surface area contributed by atoms with Crippen molar-refractivity contribution in [2.24, 2.45) is 0 Å². The molecule has 7 nitrogen and oxygen atoms in total. The van der Waals surface area contributed by atoms with E-state index in [0.29, 0.717) is 17.7 Å². The molecule has 0 radical (unpaired) electrons. The summed E-state index contributed by atoms with van der Waals surface area (Å²) in [7, 11) is 3.63. The monoisotopic (exact) mass is 448 g/mol. The van der Waals surface area contributed by atoms with Crippen LogP contribution in [0.1, 0.15) is 35.7 Å². The molecule has 0 bridgehead atoms. The number of ether oxygens (including phenoxy) is 1. The quantitative estimate of drug-likeness (QED) is 0.439. The minimum atomic E-state index is -0.273. The van der Waals surface area contributed by atoms with Gasteiger partial charge < -0.3 is 25.6 Å². The number of nitrogens with zero attached hydrogens (tertiary/aromatic N) is 1. The molecule has 2 amide bonds. The van der Waals surface area contributed by atoms with Gasteiger partial charge in [0.15, 0.2) is 6.29 Å². The molecule has 1 atom stereocenters. The number of methoxy groups -OCH3 is 1.